The van der Waals surface area contributed by atoms with Gasteiger partial charge in [0.2, 0.25) is 0 Å². The first kappa shape index (κ1) is 27.9. The fraction of sp³-hybridized carbons (Fsp3) is 0. The predicted octanol–water partition coefficient (Wildman–Crippen LogP) is 12.7. The second-order valence-electron chi connectivity index (χ2n) is 12.3. The van der Waals surface area contributed by atoms with Crippen molar-refractivity contribution in [2.75, 3.05) is 4.90 Å². The maximum absolute atomic E-state index is 2.44. The van der Waals surface area contributed by atoms with Gasteiger partial charge in [0, 0.05) is 33.5 Å². The van der Waals surface area contributed by atoms with Gasteiger partial charge in [-0.3, -0.25) is 0 Å². The van der Waals surface area contributed by atoms with Crippen LogP contribution >= 0.6 is 0 Å². The van der Waals surface area contributed by atoms with Crippen molar-refractivity contribution >= 4 is 49.6 Å². The minimum atomic E-state index is 1.11. The van der Waals surface area contributed by atoms with Crippen molar-refractivity contribution in [1.82, 2.24) is 4.57 Å². The van der Waals surface area contributed by atoms with E-state index in [4.69, 9.17) is 0 Å². The number of aromatic nitrogens is 1. The van der Waals surface area contributed by atoms with Crippen LogP contribution in [0, 0.1) is 0 Å². The van der Waals surface area contributed by atoms with Crippen LogP contribution in [0.5, 0.6) is 0 Å². The summed E-state index contributed by atoms with van der Waals surface area (Å²) in [6, 6.07) is 69.9. The number of rotatable bonds is 6. The van der Waals surface area contributed by atoms with E-state index in [0.717, 1.165) is 22.7 Å². The minimum Gasteiger partial charge on any atom is -0.310 e. The van der Waals surface area contributed by atoms with Crippen LogP contribution in [0.4, 0.5) is 17.1 Å². The maximum Gasteiger partial charge on any atom is 0.0561 e. The highest BCUT2D eigenvalue weighted by Gasteiger charge is 2.18. The van der Waals surface area contributed by atoms with Crippen LogP contribution in [0.3, 0.4) is 0 Å². The third-order valence-electron chi connectivity index (χ3n) is 9.35. The average Bonchev–Trinajstić information content (AvgIpc) is 3.49. The molecule has 0 aliphatic heterocycles. The van der Waals surface area contributed by atoms with Gasteiger partial charge in [0.15, 0.2) is 0 Å². The van der Waals surface area contributed by atoms with Gasteiger partial charge in [-0.05, 0) is 87.6 Å². The molecule has 8 aromatic carbocycles. The summed E-state index contributed by atoms with van der Waals surface area (Å²) in [5.74, 6) is 0. The standard InChI is InChI=1S/C46H32N2/c1-4-12-33(13-5-1)36-20-24-40(25-21-36)47(39-18-8-3-9-19-39)42-27-29-44-43-28-23-38(34-14-6-2-7-15-34)31-45(43)48(46(44)32-42)41-26-22-35-16-10-11-17-37(35)30-41/h1-32H. The van der Waals surface area contributed by atoms with E-state index in [1.807, 2.05) is 0 Å². The van der Waals surface area contributed by atoms with E-state index in [2.05, 4.69) is 204 Å². The van der Waals surface area contributed by atoms with Gasteiger partial charge in [-0.2, -0.15) is 0 Å². The summed E-state index contributed by atoms with van der Waals surface area (Å²) in [6.45, 7) is 0. The molecule has 0 radical (unpaired) electrons. The highest BCUT2D eigenvalue weighted by atomic mass is 15.1. The first-order valence-electron chi connectivity index (χ1n) is 16.4. The first-order chi connectivity index (χ1) is 23.8. The van der Waals surface area contributed by atoms with Crippen molar-refractivity contribution in [3.63, 3.8) is 0 Å². The Kier molecular flexibility index (Phi) is 6.84. The number of benzene rings is 8. The molecule has 0 bridgehead atoms. The zero-order chi connectivity index (χ0) is 31.9. The van der Waals surface area contributed by atoms with Crippen LogP contribution in [-0.4, -0.2) is 4.57 Å². The molecule has 2 nitrogen and oxygen atoms in total. The molecule has 0 fully saturated rings. The number of anilines is 3. The normalized spacial score (nSPS) is 11.3. The summed E-state index contributed by atoms with van der Waals surface area (Å²) in [6.07, 6.45) is 0. The smallest absolute Gasteiger partial charge is 0.0561 e. The van der Waals surface area contributed by atoms with Gasteiger partial charge in [-0.1, -0.05) is 140 Å². The van der Waals surface area contributed by atoms with Crippen LogP contribution in [-0.2, 0) is 0 Å². The molecule has 9 rings (SSSR count). The third-order valence-corrected chi connectivity index (χ3v) is 9.35. The maximum atomic E-state index is 2.44. The lowest BCUT2D eigenvalue weighted by Crippen LogP contribution is -2.10. The first-order valence-corrected chi connectivity index (χ1v) is 16.4. The van der Waals surface area contributed by atoms with E-state index in [1.54, 1.807) is 0 Å². The number of hydrogen-bond donors (Lipinski definition) is 0. The second kappa shape index (κ2) is 11.8. The monoisotopic (exact) mass is 612 g/mol. The van der Waals surface area contributed by atoms with Crippen LogP contribution < -0.4 is 4.90 Å². The van der Waals surface area contributed by atoms with Crippen molar-refractivity contribution in [1.29, 1.82) is 0 Å². The molecule has 48 heavy (non-hydrogen) atoms. The van der Waals surface area contributed by atoms with E-state index in [1.165, 1.54) is 54.8 Å². The SMILES string of the molecule is c1ccc(-c2ccc(N(c3ccccc3)c3ccc4c5ccc(-c6ccccc6)cc5n(-c5ccc6ccccc6c5)c4c3)cc2)cc1. The Hall–Kier alpha value is -6.38. The van der Waals surface area contributed by atoms with Crippen molar-refractivity contribution in [3.05, 3.63) is 194 Å². The van der Waals surface area contributed by atoms with Gasteiger partial charge in [0.25, 0.3) is 0 Å². The Morgan fingerprint density at radius 1 is 0.312 bits per heavy atom. The van der Waals surface area contributed by atoms with E-state index in [9.17, 15) is 0 Å². The average molecular weight is 613 g/mol. The summed E-state index contributed by atoms with van der Waals surface area (Å²) in [7, 11) is 0. The van der Waals surface area contributed by atoms with Crippen LogP contribution in [0.25, 0.3) is 60.5 Å². The van der Waals surface area contributed by atoms with Gasteiger partial charge in [0.1, 0.15) is 0 Å². The lowest BCUT2D eigenvalue weighted by molar-refractivity contribution is 1.18. The van der Waals surface area contributed by atoms with E-state index in [-0.39, 0.29) is 0 Å². The Morgan fingerprint density at radius 3 is 1.52 bits per heavy atom. The molecule has 0 saturated carbocycles. The quantitative estimate of drug-likeness (QED) is 0.181. The molecule has 0 N–H and O–H groups in total. The van der Waals surface area contributed by atoms with E-state index in [0.29, 0.717) is 0 Å². The van der Waals surface area contributed by atoms with Gasteiger partial charge in [0.05, 0.1) is 11.0 Å². The molecule has 0 spiro atoms. The van der Waals surface area contributed by atoms with Gasteiger partial charge < -0.3 is 9.47 Å². The third kappa shape index (κ3) is 4.92. The number of hydrogen-bond acceptors (Lipinski definition) is 1. The van der Waals surface area contributed by atoms with Crippen molar-refractivity contribution in [2.24, 2.45) is 0 Å². The molecule has 2 heteroatoms. The highest BCUT2D eigenvalue weighted by molar-refractivity contribution is 6.11. The van der Waals surface area contributed by atoms with Crippen LogP contribution in [0.2, 0.25) is 0 Å². The highest BCUT2D eigenvalue weighted by Crippen LogP contribution is 2.41. The number of para-hydroxylation sites is 1. The fourth-order valence-electron chi connectivity index (χ4n) is 7.01. The van der Waals surface area contributed by atoms with E-state index >= 15 is 0 Å². The predicted molar refractivity (Wildman–Crippen MR) is 204 cm³/mol. The summed E-state index contributed by atoms with van der Waals surface area (Å²) in [5.41, 5.74) is 11.7. The summed E-state index contributed by atoms with van der Waals surface area (Å²) in [4.78, 5) is 2.35. The number of nitrogens with zero attached hydrogens (tertiary/aromatic N) is 2. The summed E-state index contributed by atoms with van der Waals surface area (Å²) in [5, 5.41) is 4.93. The molecular weight excluding hydrogens is 581 g/mol. The topological polar surface area (TPSA) is 8.17 Å². The molecule has 0 atom stereocenters. The van der Waals surface area contributed by atoms with E-state index < -0.39 is 0 Å². The molecule has 1 heterocycles. The molecular formula is C46H32N2. The molecule has 0 amide bonds. The minimum absolute atomic E-state index is 1.11. The Morgan fingerprint density at radius 2 is 0.812 bits per heavy atom. The van der Waals surface area contributed by atoms with Gasteiger partial charge in [-0.25, -0.2) is 0 Å². The molecule has 226 valence electrons. The largest absolute Gasteiger partial charge is 0.310 e. The lowest BCUT2D eigenvalue weighted by atomic mass is 10.0. The van der Waals surface area contributed by atoms with Gasteiger partial charge in [-0.15, -0.1) is 0 Å². The molecule has 0 saturated heterocycles. The zero-order valence-corrected chi connectivity index (χ0v) is 26.4. The molecule has 0 aliphatic carbocycles. The van der Waals surface area contributed by atoms with Crippen molar-refractivity contribution < 1.29 is 0 Å². The zero-order valence-electron chi connectivity index (χ0n) is 26.4. The second-order valence-corrected chi connectivity index (χ2v) is 12.3. The summed E-state index contributed by atoms with van der Waals surface area (Å²) >= 11 is 0. The van der Waals surface area contributed by atoms with Crippen molar-refractivity contribution in [3.8, 4) is 27.9 Å². The molecule has 9 aromatic rings. The Labute approximate surface area is 280 Å². The molecule has 1 aromatic heterocycles. The summed E-state index contributed by atoms with van der Waals surface area (Å²) < 4.78 is 2.44. The van der Waals surface area contributed by atoms with Gasteiger partial charge >= 0.3 is 0 Å². The fourth-order valence-corrected chi connectivity index (χ4v) is 7.01. The lowest BCUT2D eigenvalue weighted by Gasteiger charge is -2.26. The molecule has 0 unspecified atom stereocenters. The van der Waals surface area contributed by atoms with Crippen molar-refractivity contribution in [2.45, 2.75) is 0 Å². The number of fused-ring (bicyclic) bond motifs is 4. The van der Waals surface area contributed by atoms with Crippen LogP contribution in [0.15, 0.2) is 194 Å². The Bertz CT molecular complexity index is 2530. The Balaban J connectivity index is 1.27. The molecule has 0 aliphatic rings. The van der Waals surface area contributed by atoms with Crippen LogP contribution in [0.1, 0.15) is 0 Å².